The Morgan fingerprint density at radius 3 is 2.54 bits per heavy atom. The van der Waals surface area contributed by atoms with Crippen molar-refractivity contribution in [3.8, 4) is 5.69 Å². The Hall–Kier alpha value is -2.14. The van der Waals surface area contributed by atoms with Gasteiger partial charge in [-0.25, -0.2) is 4.68 Å². The minimum atomic E-state index is -0.0190. The van der Waals surface area contributed by atoms with Crippen molar-refractivity contribution in [2.75, 3.05) is 0 Å². The van der Waals surface area contributed by atoms with Crippen LogP contribution in [0.2, 0.25) is 0 Å². The summed E-state index contributed by atoms with van der Waals surface area (Å²) in [6.45, 7) is 2.08. The van der Waals surface area contributed by atoms with Gasteiger partial charge >= 0.3 is 0 Å². The van der Waals surface area contributed by atoms with Gasteiger partial charge in [-0.15, -0.1) is 0 Å². The average Bonchev–Trinajstić information content (AvgIpc) is 3.04. The standard InChI is InChI=1S/C21H28N4O/c1-14-6-12-17(13-7-14)25-19-5-3-2-4-18(19)20(24-25)21(26)23-16-10-8-15(22)9-11-16/h6-7,12-13,15-16H,2-5,8-11,22H2,1H3,(H,23,26). The molecule has 2 aliphatic rings. The fraction of sp³-hybridized carbons (Fsp3) is 0.524. The van der Waals surface area contributed by atoms with Crippen molar-refractivity contribution < 1.29 is 4.79 Å². The number of aromatic nitrogens is 2. The minimum absolute atomic E-state index is 0.0190. The molecule has 0 aliphatic heterocycles. The number of hydrogen-bond donors (Lipinski definition) is 2. The molecule has 0 saturated heterocycles. The zero-order valence-corrected chi connectivity index (χ0v) is 15.5. The highest BCUT2D eigenvalue weighted by Gasteiger charge is 2.27. The summed E-state index contributed by atoms with van der Waals surface area (Å²) in [7, 11) is 0. The summed E-state index contributed by atoms with van der Waals surface area (Å²) in [6.07, 6.45) is 8.13. The van der Waals surface area contributed by atoms with Gasteiger partial charge in [0.2, 0.25) is 0 Å². The molecule has 0 atom stereocenters. The molecule has 3 N–H and O–H groups in total. The van der Waals surface area contributed by atoms with E-state index in [-0.39, 0.29) is 18.0 Å². The van der Waals surface area contributed by atoms with Crippen LogP contribution in [0.1, 0.15) is 65.8 Å². The minimum Gasteiger partial charge on any atom is -0.348 e. The first-order chi connectivity index (χ1) is 12.6. The number of fused-ring (bicyclic) bond motifs is 1. The topological polar surface area (TPSA) is 72.9 Å². The molecule has 0 unspecified atom stereocenters. The predicted octanol–water partition coefficient (Wildman–Crippen LogP) is 3.06. The maximum atomic E-state index is 12.9. The summed E-state index contributed by atoms with van der Waals surface area (Å²) < 4.78 is 1.99. The maximum absolute atomic E-state index is 12.9. The van der Waals surface area contributed by atoms with E-state index in [1.165, 1.54) is 11.3 Å². The first-order valence-corrected chi connectivity index (χ1v) is 9.86. The fourth-order valence-corrected chi connectivity index (χ4v) is 4.20. The zero-order chi connectivity index (χ0) is 18.1. The van der Waals surface area contributed by atoms with Crippen LogP contribution in [-0.2, 0) is 12.8 Å². The van der Waals surface area contributed by atoms with E-state index in [9.17, 15) is 4.79 Å². The summed E-state index contributed by atoms with van der Waals surface area (Å²) in [5.41, 5.74) is 11.2. The van der Waals surface area contributed by atoms with Crippen LogP contribution in [0.15, 0.2) is 24.3 Å². The Bertz CT molecular complexity index is 785. The van der Waals surface area contributed by atoms with Gasteiger partial charge in [-0.3, -0.25) is 4.79 Å². The lowest BCUT2D eigenvalue weighted by Crippen LogP contribution is -2.40. The summed E-state index contributed by atoms with van der Waals surface area (Å²) in [5.74, 6) is -0.0190. The van der Waals surface area contributed by atoms with Crippen molar-refractivity contribution in [1.29, 1.82) is 0 Å². The van der Waals surface area contributed by atoms with Gasteiger partial charge in [0, 0.05) is 23.3 Å². The quantitative estimate of drug-likeness (QED) is 0.892. The molecule has 1 heterocycles. The van der Waals surface area contributed by atoms with Gasteiger partial charge in [0.05, 0.1) is 5.69 Å². The Morgan fingerprint density at radius 2 is 1.81 bits per heavy atom. The van der Waals surface area contributed by atoms with Gasteiger partial charge in [-0.2, -0.15) is 5.10 Å². The first-order valence-electron chi connectivity index (χ1n) is 9.86. The number of benzene rings is 1. The highest BCUT2D eigenvalue weighted by molar-refractivity contribution is 5.94. The van der Waals surface area contributed by atoms with E-state index in [0.717, 1.165) is 62.6 Å². The van der Waals surface area contributed by atoms with E-state index in [1.807, 2.05) is 4.68 Å². The Labute approximate surface area is 155 Å². The number of amides is 1. The van der Waals surface area contributed by atoms with Gasteiger partial charge in [0.1, 0.15) is 0 Å². The van der Waals surface area contributed by atoms with E-state index in [2.05, 4.69) is 36.5 Å². The third-order valence-corrected chi connectivity index (χ3v) is 5.78. The number of hydrogen-bond acceptors (Lipinski definition) is 3. The highest BCUT2D eigenvalue weighted by Crippen LogP contribution is 2.27. The molecule has 1 aromatic carbocycles. The molecule has 1 aromatic heterocycles. The van der Waals surface area contributed by atoms with E-state index in [0.29, 0.717) is 5.69 Å². The SMILES string of the molecule is Cc1ccc(-n2nc(C(=O)NC3CCC(N)CC3)c3c2CCCC3)cc1. The normalized spacial score (nSPS) is 22.7. The number of rotatable bonds is 3. The Balaban J connectivity index is 1.61. The van der Waals surface area contributed by atoms with Crippen molar-refractivity contribution in [2.24, 2.45) is 5.73 Å². The lowest BCUT2D eigenvalue weighted by molar-refractivity contribution is 0.0919. The molecule has 1 amide bonds. The van der Waals surface area contributed by atoms with E-state index in [4.69, 9.17) is 10.8 Å². The number of nitrogens with two attached hydrogens (primary N) is 1. The lowest BCUT2D eigenvalue weighted by atomic mass is 9.91. The van der Waals surface area contributed by atoms with Crippen molar-refractivity contribution in [3.05, 3.63) is 46.8 Å². The number of carbonyl (C=O) groups excluding carboxylic acids is 1. The van der Waals surface area contributed by atoms with Crippen molar-refractivity contribution >= 4 is 5.91 Å². The van der Waals surface area contributed by atoms with Crippen LogP contribution in [0, 0.1) is 6.92 Å². The molecular formula is C21H28N4O. The fourth-order valence-electron chi connectivity index (χ4n) is 4.20. The molecule has 0 radical (unpaired) electrons. The third kappa shape index (κ3) is 3.40. The third-order valence-electron chi connectivity index (χ3n) is 5.78. The molecule has 2 aromatic rings. The van der Waals surface area contributed by atoms with E-state index >= 15 is 0 Å². The number of nitrogens with one attached hydrogen (secondary N) is 1. The van der Waals surface area contributed by atoms with Crippen LogP contribution >= 0.6 is 0 Å². The van der Waals surface area contributed by atoms with Crippen LogP contribution in [0.5, 0.6) is 0 Å². The first kappa shape index (κ1) is 17.3. The zero-order valence-electron chi connectivity index (χ0n) is 15.5. The molecule has 1 saturated carbocycles. The predicted molar refractivity (Wildman–Crippen MR) is 103 cm³/mol. The summed E-state index contributed by atoms with van der Waals surface area (Å²) in [5, 5.41) is 7.96. The maximum Gasteiger partial charge on any atom is 0.272 e. The number of nitrogens with zero attached hydrogens (tertiary/aromatic N) is 2. The van der Waals surface area contributed by atoms with Gasteiger partial charge < -0.3 is 11.1 Å². The van der Waals surface area contributed by atoms with Crippen LogP contribution in [0.3, 0.4) is 0 Å². The molecular weight excluding hydrogens is 324 g/mol. The number of aryl methyl sites for hydroxylation is 1. The highest BCUT2D eigenvalue weighted by atomic mass is 16.2. The molecule has 0 spiro atoms. The lowest BCUT2D eigenvalue weighted by Gasteiger charge is -2.26. The van der Waals surface area contributed by atoms with Gasteiger partial charge in [0.15, 0.2) is 5.69 Å². The molecule has 5 heteroatoms. The van der Waals surface area contributed by atoms with Crippen molar-refractivity contribution in [3.63, 3.8) is 0 Å². The molecule has 4 rings (SSSR count). The molecule has 26 heavy (non-hydrogen) atoms. The number of carbonyl (C=O) groups is 1. The van der Waals surface area contributed by atoms with Gasteiger partial charge in [-0.05, 0) is 70.4 Å². The van der Waals surface area contributed by atoms with E-state index < -0.39 is 0 Å². The molecule has 5 nitrogen and oxygen atoms in total. The molecule has 1 fully saturated rings. The Kier molecular flexibility index (Phi) is 4.81. The van der Waals surface area contributed by atoms with Crippen LogP contribution in [0.25, 0.3) is 5.69 Å². The van der Waals surface area contributed by atoms with Crippen LogP contribution in [-0.4, -0.2) is 27.8 Å². The van der Waals surface area contributed by atoms with Crippen molar-refractivity contribution in [2.45, 2.75) is 70.4 Å². The monoisotopic (exact) mass is 352 g/mol. The summed E-state index contributed by atoms with van der Waals surface area (Å²) >= 11 is 0. The Morgan fingerprint density at radius 1 is 1.12 bits per heavy atom. The van der Waals surface area contributed by atoms with Gasteiger partial charge in [0.25, 0.3) is 5.91 Å². The largest absolute Gasteiger partial charge is 0.348 e. The van der Waals surface area contributed by atoms with Gasteiger partial charge in [-0.1, -0.05) is 17.7 Å². The smallest absolute Gasteiger partial charge is 0.272 e. The van der Waals surface area contributed by atoms with E-state index in [1.54, 1.807) is 0 Å². The van der Waals surface area contributed by atoms with Crippen molar-refractivity contribution in [1.82, 2.24) is 15.1 Å². The van der Waals surface area contributed by atoms with Crippen LogP contribution in [0.4, 0.5) is 0 Å². The summed E-state index contributed by atoms with van der Waals surface area (Å²) in [4.78, 5) is 12.9. The second-order valence-corrected chi connectivity index (χ2v) is 7.81. The second-order valence-electron chi connectivity index (χ2n) is 7.81. The second kappa shape index (κ2) is 7.23. The average molecular weight is 352 g/mol. The molecule has 2 aliphatic carbocycles. The molecule has 0 bridgehead atoms. The van der Waals surface area contributed by atoms with Crippen LogP contribution < -0.4 is 11.1 Å². The summed E-state index contributed by atoms with van der Waals surface area (Å²) in [6, 6.07) is 8.87. The molecule has 138 valence electrons.